The third-order valence-electron chi connectivity index (χ3n) is 4.13. The Bertz CT molecular complexity index is 573. The molecule has 24 heavy (non-hydrogen) atoms. The molecule has 0 spiro atoms. The molecule has 7 nitrogen and oxygen atoms in total. The van der Waals surface area contributed by atoms with Gasteiger partial charge in [-0.25, -0.2) is 4.79 Å². The molecule has 7 heteroatoms. The van der Waals surface area contributed by atoms with Gasteiger partial charge in [-0.1, -0.05) is 25.7 Å². The maximum absolute atomic E-state index is 11.9. The summed E-state index contributed by atoms with van der Waals surface area (Å²) < 4.78 is 5.04. The third kappa shape index (κ3) is 6.06. The van der Waals surface area contributed by atoms with Gasteiger partial charge in [0, 0.05) is 18.9 Å². The fourth-order valence-corrected chi connectivity index (χ4v) is 2.81. The van der Waals surface area contributed by atoms with Gasteiger partial charge in [-0.05, 0) is 25.0 Å². The van der Waals surface area contributed by atoms with Gasteiger partial charge in [-0.15, -0.1) is 0 Å². The van der Waals surface area contributed by atoms with Gasteiger partial charge < -0.3 is 20.2 Å². The van der Waals surface area contributed by atoms with Crippen molar-refractivity contribution in [3.05, 3.63) is 23.7 Å². The molecule has 0 bridgehead atoms. The smallest absolute Gasteiger partial charge is 0.371 e. The zero-order chi connectivity index (χ0) is 17.4. The normalized spacial score (nSPS) is 15.5. The summed E-state index contributed by atoms with van der Waals surface area (Å²) in [5.41, 5.74) is 0. The number of furan rings is 1. The van der Waals surface area contributed by atoms with E-state index in [0.29, 0.717) is 5.76 Å². The Morgan fingerprint density at radius 1 is 1.04 bits per heavy atom. The molecule has 1 aromatic heterocycles. The van der Waals surface area contributed by atoms with Crippen molar-refractivity contribution in [1.29, 1.82) is 0 Å². The van der Waals surface area contributed by atoms with Crippen molar-refractivity contribution in [2.75, 3.05) is 0 Å². The Hall–Kier alpha value is -2.31. The van der Waals surface area contributed by atoms with Crippen molar-refractivity contribution in [2.24, 2.45) is 0 Å². The van der Waals surface area contributed by atoms with Crippen LogP contribution in [0.3, 0.4) is 0 Å². The van der Waals surface area contributed by atoms with Gasteiger partial charge in [0.2, 0.25) is 17.6 Å². The number of amides is 2. The highest BCUT2D eigenvalue weighted by Crippen LogP contribution is 2.17. The number of hydrogen-bond acceptors (Lipinski definition) is 4. The van der Waals surface area contributed by atoms with Gasteiger partial charge in [-0.3, -0.25) is 9.59 Å². The van der Waals surface area contributed by atoms with E-state index in [2.05, 4.69) is 10.6 Å². The van der Waals surface area contributed by atoms with E-state index in [1.54, 1.807) is 0 Å². The molecule has 0 radical (unpaired) electrons. The Labute approximate surface area is 140 Å². The molecule has 0 unspecified atom stereocenters. The molecule has 3 N–H and O–H groups in total. The molecule has 132 valence electrons. The maximum Gasteiger partial charge on any atom is 0.371 e. The lowest BCUT2D eigenvalue weighted by molar-refractivity contribution is -0.127. The second-order valence-electron chi connectivity index (χ2n) is 6.10. The SMILES string of the molecule is O=C(CCC(=O)NC1CCCCCC1)NCc1ccc(C(=O)O)o1. The van der Waals surface area contributed by atoms with E-state index in [0.717, 1.165) is 25.7 Å². The van der Waals surface area contributed by atoms with E-state index in [4.69, 9.17) is 9.52 Å². The van der Waals surface area contributed by atoms with Crippen molar-refractivity contribution in [2.45, 2.75) is 64.0 Å². The third-order valence-corrected chi connectivity index (χ3v) is 4.13. The highest BCUT2D eigenvalue weighted by atomic mass is 16.4. The van der Waals surface area contributed by atoms with Crippen molar-refractivity contribution in [3.63, 3.8) is 0 Å². The Morgan fingerprint density at radius 2 is 1.71 bits per heavy atom. The second-order valence-corrected chi connectivity index (χ2v) is 6.10. The lowest BCUT2D eigenvalue weighted by Crippen LogP contribution is -2.35. The summed E-state index contributed by atoms with van der Waals surface area (Å²) >= 11 is 0. The summed E-state index contributed by atoms with van der Waals surface area (Å²) in [6.07, 6.45) is 7.03. The molecule has 0 aliphatic heterocycles. The van der Waals surface area contributed by atoms with Crippen LogP contribution in [0.4, 0.5) is 0 Å². The number of carboxylic acid groups (broad SMARTS) is 1. The zero-order valence-corrected chi connectivity index (χ0v) is 13.7. The molecular formula is C17H24N2O5. The number of rotatable bonds is 7. The van der Waals surface area contributed by atoms with Crippen LogP contribution in [0.1, 0.15) is 67.7 Å². The summed E-state index contributed by atoms with van der Waals surface area (Å²) in [5.74, 6) is -1.31. The highest BCUT2D eigenvalue weighted by Gasteiger charge is 2.15. The molecular weight excluding hydrogens is 312 g/mol. The maximum atomic E-state index is 11.9. The minimum absolute atomic E-state index is 0.0942. The first-order valence-electron chi connectivity index (χ1n) is 8.42. The van der Waals surface area contributed by atoms with Crippen LogP contribution in [0.2, 0.25) is 0 Å². The molecule has 1 saturated carbocycles. The first-order chi connectivity index (χ1) is 11.5. The monoisotopic (exact) mass is 336 g/mol. The van der Waals surface area contributed by atoms with Crippen LogP contribution in [0.15, 0.2) is 16.5 Å². The quantitative estimate of drug-likeness (QED) is 0.662. The van der Waals surface area contributed by atoms with Gasteiger partial charge in [0.05, 0.1) is 6.54 Å². The molecule has 1 aliphatic rings. The Balaban J connectivity index is 1.64. The summed E-state index contributed by atoms with van der Waals surface area (Å²) in [7, 11) is 0. The molecule has 1 heterocycles. The van der Waals surface area contributed by atoms with Crippen molar-refractivity contribution in [1.82, 2.24) is 10.6 Å². The van der Waals surface area contributed by atoms with Crippen LogP contribution < -0.4 is 10.6 Å². The number of carboxylic acids is 1. The predicted octanol–water partition coefficient (Wildman–Crippen LogP) is 2.21. The van der Waals surface area contributed by atoms with E-state index in [-0.39, 0.29) is 43.0 Å². The topological polar surface area (TPSA) is 109 Å². The van der Waals surface area contributed by atoms with Gasteiger partial charge in [-0.2, -0.15) is 0 Å². The van der Waals surface area contributed by atoms with Gasteiger partial charge in [0.15, 0.2) is 0 Å². The van der Waals surface area contributed by atoms with E-state index >= 15 is 0 Å². The zero-order valence-electron chi connectivity index (χ0n) is 13.7. The molecule has 1 aromatic rings. The number of hydrogen-bond donors (Lipinski definition) is 3. The lowest BCUT2D eigenvalue weighted by Gasteiger charge is -2.16. The van der Waals surface area contributed by atoms with Crippen LogP contribution >= 0.6 is 0 Å². The largest absolute Gasteiger partial charge is 0.475 e. The minimum Gasteiger partial charge on any atom is -0.475 e. The van der Waals surface area contributed by atoms with E-state index < -0.39 is 5.97 Å². The molecule has 2 rings (SSSR count). The molecule has 0 aromatic carbocycles. The minimum atomic E-state index is -1.15. The fourth-order valence-electron chi connectivity index (χ4n) is 2.81. The van der Waals surface area contributed by atoms with Gasteiger partial charge in [0.25, 0.3) is 0 Å². The van der Waals surface area contributed by atoms with E-state index in [1.807, 2.05) is 0 Å². The highest BCUT2D eigenvalue weighted by molar-refractivity contribution is 5.84. The van der Waals surface area contributed by atoms with E-state index in [1.165, 1.54) is 25.0 Å². The molecule has 0 atom stereocenters. The number of nitrogens with one attached hydrogen (secondary N) is 2. The second kappa shape index (κ2) is 9.10. The number of carbonyl (C=O) groups is 3. The summed E-state index contributed by atoms with van der Waals surface area (Å²) in [6.45, 7) is 0.107. The van der Waals surface area contributed by atoms with Crippen molar-refractivity contribution < 1.29 is 23.9 Å². The lowest BCUT2D eigenvalue weighted by atomic mass is 10.1. The summed E-state index contributed by atoms with van der Waals surface area (Å²) in [5, 5.41) is 14.4. The van der Waals surface area contributed by atoms with Crippen molar-refractivity contribution >= 4 is 17.8 Å². The molecule has 1 fully saturated rings. The Morgan fingerprint density at radius 3 is 2.33 bits per heavy atom. The Kier molecular flexibility index (Phi) is 6.84. The molecule has 0 saturated heterocycles. The van der Waals surface area contributed by atoms with Gasteiger partial charge >= 0.3 is 5.97 Å². The molecule has 2 amide bonds. The van der Waals surface area contributed by atoms with Crippen LogP contribution in [-0.4, -0.2) is 28.9 Å². The van der Waals surface area contributed by atoms with E-state index in [9.17, 15) is 14.4 Å². The van der Waals surface area contributed by atoms with Crippen LogP contribution in [0, 0.1) is 0 Å². The molecule has 1 aliphatic carbocycles. The fraction of sp³-hybridized carbons (Fsp3) is 0.588. The van der Waals surface area contributed by atoms with Crippen LogP contribution in [0.5, 0.6) is 0 Å². The predicted molar refractivity (Wildman–Crippen MR) is 86.4 cm³/mol. The van der Waals surface area contributed by atoms with Gasteiger partial charge in [0.1, 0.15) is 5.76 Å². The van der Waals surface area contributed by atoms with Crippen LogP contribution in [-0.2, 0) is 16.1 Å². The number of aromatic carboxylic acids is 1. The van der Waals surface area contributed by atoms with Crippen LogP contribution in [0.25, 0.3) is 0 Å². The van der Waals surface area contributed by atoms with Crippen molar-refractivity contribution in [3.8, 4) is 0 Å². The number of carbonyl (C=O) groups excluding carboxylic acids is 2. The average molecular weight is 336 g/mol. The summed E-state index contributed by atoms with van der Waals surface area (Å²) in [4.78, 5) is 34.4. The first kappa shape index (κ1) is 18.0. The standard InChI is InChI=1S/C17H24N2O5/c20-15(18-11-13-7-8-14(24-13)17(22)23)9-10-16(21)19-12-5-3-1-2-4-6-12/h7-8,12H,1-6,9-11H2,(H,18,20)(H,19,21)(H,22,23). The first-order valence-corrected chi connectivity index (χ1v) is 8.42. The summed E-state index contributed by atoms with van der Waals surface area (Å²) in [6, 6.07) is 3.08. The average Bonchev–Trinajstić information content (AvgIpc) is 2.89.